The molecular formula is C32H31N3O2. The molecule has 5 nitrogen and oxygen atoms in total. The van der Waals surface area contributed by atoms with E-state index in [1.807, 2.05) is 60.1 Å². The van der Waals surface area contributed by atoms with E-state index in [-0.39, 0.29) is 17.1 Å². The van der Waals surface area contributed by atoms with Gasteiger partial charge in [0.1, 0.15) is 18.2 Å². The normalized spacial score (nSPS) is 18.1. The minimum absolute atomic E-state index is 0.0990. The number of aryl methyl sites for hydroxylation is 1. The van der Waals surface area contributed by atoms with Gasteiger partial charge < -0.3 is 10.1 Å². The fraction of sp³-hybridized carbons (Fsp3) is 0.250. The number of allylic oxidation sites excluding steroid dienone is 2. The Kier molecular flexibility index (Phi) is 5.71. The van der Waals surface area contributed by atoms with Crippen LogP contribution in [0, 0.1) is 12.3 Å². The van der Waals surface area contributed by atoms with E-state index in [2.05, 4.69) is 55.6 Å². The van der Waals surface area contributed by atoms with Gasteiger partial charge in [-0.3, -0.25) is 4.79 Å². The van der Waals surface area contributed by atoms with E-state index >= 15 is 0 Å². The van der Waals surface area contributed by atoms with Gasteiger partial charge in [0.25, 0.3) is 0 Å². The number of aromatic nitrogens is 2. The molecular weight excluding hydrogens is 458 g/mol. The van der Waals surface area contributed by atoms with Crippen molar-refractivity contribution in [2.24, 2.45) is 5.41 Å². The molecule has 0 unspecified atom stereocenters. The smallest absolute Gasteiger partial charge is 0.162 e. The lowest BCUT2D eigenvalue weighted by Crippen LogP contribution is -2.34. The number of Topliss-reactive ketones (excluding diaryl/α,β-unsaturated/α-hetero) is 1. The van der Waals surface area contributed by atoms with E-state index in [0.29, 0.717) is 13.0 Å². The van der Waals surface area contributed by atoms with Crippen LogP contribution in [0.3, 0.4) is 0 Å². The average molecular weight is 490 g/mol. The summed E-state index contributed by atoms with van der Waals surface area (Å²) in [5, 5.41) is 8.60. The monoisotopic (exact) mass is 489 g/mol. The van der Waals surface area contributed by atoms with E-state index in [1.54, 1.807) is 0 Å². The van der Waals surface area contributed by atoms with Crippen molar-refractivity contribution >= 4 is 11.6 Å². The number of carbonyl (C=O) groups excluding carboxylic acids is 1. The van der Waals surface area contributed by atoms with Gasteiger partial charge in [-0.2, -0.15) is 5.10 Å². The van der Waals surface area contributed by atoms with Crippen LogP contribution in [0.15, 0.2) is 96.2 Å². The standard InChI is InChI=1S/C32H31N3O2/c1-21-28-29(23-13-10-16-25(17-23)37-20-22-11-6-4-7-12-22)30-26(18-32(2,3)19-27(30)36)33-31(28)35(34-21)24-14-8-5-9-15-24/h4-17,29,33H,18-20H2,1-3H3/t29-/m0/s1. The van der Waals surface area contributed by atoms with Crippen LogP contribution in [-0.4, -0.2) is 15.6 Å². The van der Waals surface area contributed by atoms with Crippen molar-refractivity contribution in [3.8, 4) is 11.4 Å². The Bertz CT molecular complexity index is 1500. The topological polar surface area (TPSA) is 56.2 Å². The van der Waals surface area contributed by atoms with Gasteiger partial charge in [0.2, 0.25) is 0 Å². The maximum Gasteiger partial charge on any atom is 0.162 e. The molecule has 37 heavy (non-hydrogen) atoms. The molecule has 1 aliphatic heterocycles. The predicted octanol–water partition coefficient (Wildman–Crippen LogP) is 6.96. The Morgan fingerprint density at radius 1 is 0.973 bits per heavy atom. The lowest BCUT2D eigenvalue weighted by molar-refractivity contribution is -0.118. The highest BCUT2D eigenvalue weighted by molar-refractivity contribution is 6.01. The molecule has 1 N–H and O–H groups in total. The molecule has 2 aliphatic rings. The van der Waals surface area contributed by atoms with Crippen LogP contribution >= 0.6 is 0 Å². The molecule has 186 valence electrons. The first-order valence-electron chi connectivity index (χ1n) is 12.8. The van der Waals surface area contributed by atoms with E-state index in [9.17, 15) is 4.79 Å². The molecule has 4 aromatic rings. The summed E-state index contributed by atoms with van der Waals surface area (Å²) in [6.45, 7) is 6.86. The zero-order valence-electron chi connectivity index (χ0n) is 21.5. The van der Waals surface area contributed by atoms with Crippen molar-refractivity contribution in [2.45, 2.75) is 46.1 Å². The molecule has 2 heterocycles. The molecule has 0 spiro atoms. The Balaban J connectivity index is 1.46. The highest BCUT2D eigenvalue weighted by Gasteiger charge is 2.43. The summed E-state index contributed by atoms with van der Waals surface area (Å²) in [6, 6.07) is 28.5. The van der Waals surface area contributed by atoms with E-state index < -0.39 is 0 Å². The highest BCUT2D eigenvalue weighted by Crippen LogP contribution is 2.50. The lowest BCUT2D eigenvalue weighted by atomic mass is 9.69. The summed E-state index contributed by atoms with van der Waals surface area (Å²) >= 11 is 0. The van der Waals surface area contributed by atoms with Gasteiger partial charge in [0.15, 0.2) is 5.78 Å². The molecule has 1 aliphatic carbocycles. The number of ether oxygens (including phenoxy) is 1. The van der Waals surface area contributed by atoms with Crippen molar-refractivity contribution in [1.29, 1.82) is 0 Å². The Hall–Kier alpha value is -4.12. The molecule has 0 saturated heterocycles. The van der Waals surface area contributed by atoms with Crippen LogP contribution in [-0.2, 0) is 11.4 Å². The highest BCUT2D eigenvalue weighted by atomic mass is 16.5. The first-order chi connectivity index (χ1) is 17.9. The second kappa shape index (κ2) is 9.07. The molecule has 1 aromatic heterocycles. The summed E-state index contributed by atoms with van der Waals surface area (Å²) in [6.07, 6.45) is 1.35. The first-order valence-corrected chi connectivity index (χ1v) is 12.8. The number of hydrogen-bond acceptors (Lipinski definition) is 4. The van der Waals surface area contributed by atoms with Crippen molar-refractivity contribution in [1.82, 2.24) is 9.78 Å². The van der Waals surface area contributed by atoms with Crippen LogP contribution in [0.5, 0.6) is 5.75 Å². The van der Waals surface area contributed by atoms with Crippen molar-refractivity contribution in [2.75, 3.05) is 5.32 Å². The Labute approximate surface area is 217 Å². The second-order valence-corrected chi connectivity index (χ2v) is 10.8. The zero-order valence-corrected chi connectivity index (χ0v) is 21.5. The molecule has 1 atom stereocenters. The number of rotatable bonds is 5. The summed E-state index contributed by atoms with van der Waals surface area (Å²) in [5.74, 6) is 1.73. The SMILES string of the molecule is Cc1nn(-c2ccccc2)c2c1[C@H](c1cccc(OCc3ccccc3)c1)C1=C(CC(C)(C)CC1=O)N2. The van der Waals surface area contributed by atoms with Crippen LogP contribution in [0.1, 0.15) is 55.0 Å². The van der Waals surface area contributed by atoms with Crippen LogP contribution in [0.4, 0.5) is 5.82 Å². The van der Waals surface area contributed by atoms with Gasteiger partial charge in [0.05, 0.1) is 11.4 Å². The number of carbonyl (C=O) groups is 1. The van der Waals surface area contributed by atoms with Gasteiger partial charge in [-0.1, -0.05) is 74.5 Å². The molecule has 3 aromatic carbocycles. The summed E-state index contributed by atoms with van der Waals surface area (Å²) in [7, 11) is 0. The first kappa shape index (κ1) is 23.3. The number of benzene rings is 3. The number of para-hydroxylation sites is 1. The molecule has 6 rings (SSSR count). The number of fused-ring (bicyclic) bond motifs is 1. The minimum atomic E-state index is -0.201. The number of nitrogens with zero attached hydrogens (tertiary/aromatic N) is 2. The fourth-order valence-corrected chi connectivity index (χ4v) is 5.69. The van der Waals surface area contributed by atoms with Crippen LogP contribution in [0.2, 0.25) is 0 Å². The van der Waals surface area contributed by atoms with Crippen LogP contribution in [0.25, 0.3) is 5.69 Å². The van der Waals surface area contributed by atoms with Gasteiger partial charge in [-0.05, 0) is 54.2 Å². The maximum absolute atomic E-state index is 13.7. The number of ketones is 1. The maximum atomic E-state index is 13.7. The number of hydrogen-bond donors (Lipinski definition) is 1. The second-order valence-electron chi connectivity index (χ2n) is 10.8. The summed E-state index contributed by atoms with van der Waals surface area (Å²) < 4.78 is 8.15. The van der Waals surface area contributed by atoms with E-state index in [1.165, 1.54) is 0 Å². The van der Waals surface area contributed by atoms with E-state index in [4.69, 9.17) is 9.84 Å². The number of anilines is 1. The third kappa shape index (κ3) is 4.35. The third-order valence-electron chi connectivity index (χ3n) is 7.31. The molecule has 5 heteroatoms. The van der Waals surface area contributed by atoms with Gasteiger partial charge in [-0.25, -0.2) is 4.68 Å². The van der Waals surface area contributed by atoms with Crippen molar-refractivity contribution in [3.05, 3.63) is 119 Å². The van der Waals surface area contributed by atoms with Crippen molar-refractivity contribution < 1.29 is 9.53 Å². The predicted molar refractivity (Wildman–Crippen MR) is 146 cm³/mol. The number of nitrogens with one attached hydrogen (secondary N) is 1. The zero-order chi connectivity index (χ0) is 25.6. The van der Waals surface area contributed by atoms with Crippen LogP contribution < -0.4 is 10.1 Å². The van der Waals surface area contributed by atoms with Gasteiger partial charge in [0, 0.05) is 29.2 Å². The van der Waals surface area contributed by atoms with Gasteiger partial charge >= 0.3 is 0 Å². The minimum Gasteiger partial charge on any atom is -0.489 e. The average Bonchev–Trinajstić information content (AvgIpc) is 3.22. The van der Waals surface area contributed by atoms with E-state index in [0.717, 1.165) is 57.3 Å². The lowest BCUT2D eigenvalue weighted by Gasteiger charge is -2.38. The summed E-state index contributed by atoms with van der Waals surface area (Å²) in [5.41, 5.74) is 6.89. The summed E-state index contributed by atoms with van der Waals surface area (Å²) in [4.78, 5) is 13.7. The molecule has 0 radical (unpaired) electrons. The molecule has 0 amide bonds. The fourth-order valence-electron chi connectivity index (χ4n) is 5.69. The van der Waals surface area contributed by atoms with Gasteiger partial charge in [-0.15, -0.1) is 0 Å². The molecule has 0 bridgehead atoms. The van der Waals surface area contributed by atoms with Crippen molar-refractivity contribution in [3.63, 3.8) is 0 Å². The molecule has 0 fully saturated rings. The third-order valence-corrected chi connectivity index (χ3v) is 7.31. The largest absolute Gasteiger partial charge is 0.489 e. The Morgan fingerprint density at radius 2 is 1.70 bits per heavy atom. The Morgan fingerprint density at radius 3 is 2.46 bits per heavy atom. The molecule has 0 saturated carbocycles. The quantitative estimate of drug-likeness (QED) is 0.329.